The molecule has 1 N–H and O–H groups in total. The van der Waals surface area contributed by atoms with Gasteiger partial charge in [-0.05, 0) is 19.1 Å². The largest absolute Gasteiger partial charge is 0.481 e. The Labute approximate surface area is 134 Å². The number of fused-ring (bicyclic) bond motifs is 1. The van der Waals surface area contributed by atoms with Gasteiger partial charge in [0, 0.05) is 28.1 Å². The summed E-state index contributed by atoms with van der Waals surface area (Å²) in [5.41, 5.74) is 1.12. The Morgan fingerprint density at radius 1 is 1.38 bits per heavy atom. The van der Waals surface area contributed by atoms with Crippen molar-refractivity contribution >= 4 is 23.1 Å². The highest BCUT2D eigenvalue weighted by molar-refractivity contribution is 7.99. The molecule has 2 heterocycles. The summed E-state index contributed by atoms with van der Waals surface area (Å²) in [5.74, 6) is 1.91. The second-order valence-corrected chi connectivity index (χ2v) is 7.64. The minimum Gasteiger partial charge on any atom is -0.481 e. The molecule has 0 bridgehead atoms. The van der Waals surface area contributed by atoms with Crippen molar-refractivity contribution < 1.29 is 4.74 Å². The molecule has 0 radical (unpaired) electrons. The number of ether oxygens (including phenoxy) is 1. The molecule has 21 heavy (non-hydrogen) atoms. The molecular formula is C16H20N2OS2. The SMILES string of the molecule is Cc1nc(C2CSc3ccccc3O2)sc1CNC(C)C. The van der Waals surface area contributed by atoms with E-state index in [1.54, 1.807) is 11.3 Å². The van der Waals surface area contributed by atoms with E-state index in [9.17, 15) is 0 Å². The number of benzene rings is 1. The van der Waals surface area contributed by atoms with Gasteiger partial charge in [-0.3, -0.25) is 0 Å². The van der Waals surface area contributed by atoms with Gasteiger partial charge in [0.25, 0.3) is 0 Å². The second-order valence-electron chi connectivity index (χ2n) is 5.46. The van der Waals surface area contributed by atoms with Crippen LogP contribution in [0.15, 0.2) is 29.2 Å². The lowest BCUT2D eigenvalue weighted by molar-refractivity contribution is 0.220. The molecule has 3 rings (SSSR count). The van der Waals surface area contributed by atoms with Crippen molar-refractivity contribution in [3.63, 3.8) is 0 Å². The fraction of sp³-hybridized carbons (Fsp3) is 0.438. The van der Waals surface area contributed by atoms with Gasteiger partial charge in [0.05, 0.1) is 5.69 Å². The van der Waals surface area contributed by atoms with Gasteiger partial charge in [0.15, 0.2) is 6.10 Å². The highest BCUT2D eigenvalue weighted by atomic mass is 32.2. The van der Waals surface area contributed by atoms with Gasteiger partial charge in [-0.25, -0.2) is 4.98 Å². The van der Waals surface area contributed by atoms with Gasteiger partial charge < -0.3 is 10.1 Å². The van der Waals surface area contributed by atoms with Crippen molar-refractivity contribution in [3.8, 4) is 5.75 Å². The van der Waals surface area contributed by atoms with Crippen LogP contribution in [0, 0.1) is 6.92 Å². The molecule has 0 spiro atoms. The average molecular weight is 320 g/mol. The monoisotopic (exact) mass is 320 g/mol. The number of aromatic nitrogens is 1. The zero-order chi connectivity index (χ0) is 14.8. The summed E-state index contributed by atoms with van der Waals surface area (Å²) < 4.78 is 6.12. The predicted octanol–water partition coefficient (Wildman–Crippen LogP) is 4.18. The summed E-state index contributed by atoms with van der Waals surface area (Å²) in [7, 11) is 0. The summed E-state index contributed by atoms with van der Waals surface area (Å²) in [6.07, 6.45) is 0.0707. The molecule has 1 unspecified atom stereocenters. The van der Waals surface area contributed by atoms with Crippen molar-refractivity contribution in [1.82, 2.24) is 10.3 Å². The smallest absolute Gasteiger partial charge is 0.159 e. The fourth-order valence-corrected chi connectivity index (χ4v) is 4.33. The number of aryl methyl sites for hydroxylation is 1. The van der Waals surface area contributed by atoms with Gasteiger partial charge >= 0.3 is 0 Å². The third-order valence-electron chi connectivity index (χ3n) is 3.36. The van der Waals surface area contributed by atoms with E-state index >= 15 is 0 Å². The zero-order valence-corrected chi connectivity index (χ0v) is 14.2. The topological polar surface area (TPSA) is 34.1 Å². The molecule has 1 aromatic carbocycles. The molecule has 1 atom stereocenters. The van der Waals surface area contributed by atoms with Crippen LogP contribution in [0.5, 0.6) is 5.75 Å². The number of rotatable bonds is 4. The highest BCUT2D eigenvalue weighted by Crippen LogP contribution is 2.41. The molecule has 112 valence electrons. The first-order valence-corrected chi connectivity index (χ1v) is 9.01. The van der Waals surface area contributed by atoms with E-state index in [1.807, 2.05) is 23.9 Å². The van der Waals surface area contributed by atoms with Crippen LogP contribution in [-0.2, 0) is 6.54 Å². The van der Waals surface area contributed by atoms with Gasteiger partial charge in [0.2, 0.25) is 0 Å². The molecule has 1 aromatic heterocycles. The summed E-state index contributed by atoms with van der Waals surface area (Å²) in [6.45, 7) is 7.29. The molecule has 3 nitrogen and oxygen atoms in total. The van der Waals surface area contributed by atoms with Crippen LogP contribution in [0.3, 0.4) is 0 Å². The maximum absolute atomic E-state index is 6.12. The van der Waals surface area contributed by atoms with Gasteiger partial charge in [-0.2, -0.15) is 0 Å². The molecule has 0 amide bonds. The number of para-hydroxylation sites is 1. The zero-order valence-electron chi connectivity index (χ0n) is 12.6. The van der Waals surface area contributed by atoms with Crippen LogP contribution >= 0.6 is 23.1 Å². The predicted molar refractivity (Wildman–Crippen MR) is 89.4 cm³/mol. The average Bonchev–Trinajstić information content (AvgIpc) is 2.86. The number of nitrogens with zero attached hydrogens (tertiary/aromatic N) is 1. The molecule has 1 aliphatic heterocycles. The van der Waals surface area contributed by atoms with E-state index in [0.29, 0.717) is 6.04 Å². The number of thioether (sulfide) groups is 1. The van der Waals surface area contributed by atoms with Crippen molar-refractivity contribution in [2.75, 3.05) is 5.75 Å². The van der Waals surface area contributed by atoms with Crippen molar-refractivity contribution in [3.05, 3.63) is 39.8 Å². The van der Waals surface area contributed by atoms with E-state index in [1.165, 1.54) is 9.77 Å². The number of hydrogen-bond acceptors (Lipinski definition) is 5. The van der Waals surface area contributed by atoms with Crippen molar-refractivity contribution in [1.29, 1.82) is 0 Å². The van der Waals surface area contributed by atoms with Gasteiger partial charge in [-0.1, -0.05) is 26.0 Å². The lowest BCUT2D eigenvalue weighted by Crippen LogP contribution is -2.21. The van der Waals surface area contributed by atoms with E-state index in [0.717, 1.165) is 28.7 Å². The normalized spacial score (nSPS) is 17.6. The van der Waals surface area contributed by atoms with Crippen LogP contribution in [0.4, 0.5) is 0 Å². The Balaban J connectivity index is 1.75. The first-order valence-electron chi connectivity index (χ1n) is 7.21. The standard InChI is InChI=1S/C16H20N2OS2/c1-10(2)17-8-15-11(3)18-16(21-15)13-9-20-14-7-5-4-6-12(14)19-13/h4-7,10,13,17H,8-9H2,1-3H3. The molecular weight excluding hydrogens is 300 g/mol. The van der Waals surface area contributed by atoms with Gasteiger partial charge in [-0.15, -0.1) is 23.1 Å². The Bertz CT molecular complexity index is 624. The number of thiazole rings is 1. The molecule has 2 aromatic rings. The molecule has 0 saturated heterocycles. The quantitative estimate of drug-likeness (QED) is 0.916. The molecule has 1 aliphatic rings. The Hall–Kier alpha value is -1.04. The Morgan fingerprint density at radius 3 is 3.00 bits per heavy atom. The van der Waals surface area contributed by atoms with Crippen molar-refractivity contribution in [2.45, 2.75) is 44.4 Å². The maximum atomic E-state index is 6.12. The van der Waals surface area contributed by atoms with E-state index in [2.05, 4.69) is 38.2 Å². The second kappa shape index (κ2) is 6.38. The van der Waals surface area contributed by atoms with E-state index in [-0.39, 0.29) is 6.10 Å². The van der Waals surface area contributed by atoms with Crippen LogP contribution in [-0.4, -0.2) is 16.8 Å². The van der Waals surface area contributed by atoms with Crippen LogP contribution in [0.1, 0.15) is 35.5 Å². The fourth-order valence-electron chi connectivity index (χ4n) is 2.19. The van der Waals surface area contributed by atoms with E-state index < -0.39 is 0 Å². The third-order valence-corrected chi connectivity index (χ3v) is 5.73. The summed E-state index contributed by atoms with van der Waals surface area (Å²) in [4.78, 5) is 7.26. The molecule has 0 aliphatic carbocycles. The van der Waals surface area contributed by atoms with Crippen molar-refractivity contribution in [2.24, 2.45) is 0 Å². The summed E-state index contributed by atoms with van der Waals surface area (Å²) in [5, 5.41) is 4.55. The summed E-state index contributed by atoms with van der Waals surface area (Å²) in [6, 6.07) is 8.71. The minimum absolute atomic E-state index is 0.0707. The van der Waals surface area contributed by atoms with Gasteiger partial charge in [0.1, 0.15) is 10.8 Å². The first-order chi connectivity index (χ1) is 10.1. The maximum Gasteiger partial charge on any atom is 0.159 e. The molecule has 0 fully saturated rings. The lowest BCUT2D eigenvalue weighted by atomic mass is 10.3. The lowest BCUT2D eigenvalue weighted by Gasteiger charge is -2.23. The van der Waals surface area contributed by atoms with Crippen LogP contribution in [0.2, 0.25) is 0 Å². The van der Waals surface area contributed by atoms with Crippen LogP contribution in [0.25, 0.3) is 0 Å². The number of nitrogens with one attached hydrogen (secondary N) is 1. The third kappa shape index (κ3) is 3.42. The minimum atomic E-state index is 0.0707. The highest BCUT2D eigenvalue weighted by Gasteiger charge is 2.25. The Morgan fingerprint density at radius 2 is 2.19 bits per heavy atom. The Kier molecular flexibility index (Phi) is 4.52. The number of hydrogen-bond donors (Lipinski definition) is 1. The summed E-state index contributed by atoms with van der Waals surface area (Å²) >= 11 is 3.62. The molecule has 0 saturated carbocycles. The van der Waals surface area contributed by atoms with E-state index in [4.69, 9.17) is 9.72 Å². The van der Waals surface area contributed by atoms with Crippen LogP contribution < -0.4 is 10.1 Å². The molecule has 5 heteroatoms. The first kappa shape index (κ1) is 14.9.